The second-order valence-electron chi connectivity index (χ2n) is 15.4. The SMILES string of the molecule is COc1ccc(CS[C@H]2C[C@@H](C(=O)N3CC[C@H](NC(=O)CN=C(NC(=O)OCc4ccc([N+](=O)[O-])cc4)NC(=O)OCc4ccc([N+](=O)[O-])cc4)C3)N(C(=O)OCc3ccc([N+](=O)[O-])cc3)C2)cc1. The summed E-state index contributed by atoms with van der Waals surface area (Å²) in [4.78, 5) is 105. The Labute approximate surface area is 396 Å². The lowest BCUT2D eigenvalue weighted by Gasteiger charge is -2.27. The van der Waals surface area contributed by atoms with Gasteiger partial charge in [-0.25, -0.2) is 19.4 Å². The van der Waals surface area contributed by atoms with Gasteiger partial charge in [0.05, 0.1) is 21.9 Å². The monoisotopic (exact) mass is 971 g/mol. The number of thioether (sulfide) groups is 1. The molecule has 5 amide bonds. The molecule has 25 heteroatoms. The Kier molecular flexibility index (Phi) is 17.3. The van der Waals surface area contributed by atoms with Crippen molar-refractivity contribution in [2.24, 2.45) is 4.99 Å². The summed E-state index contributed by atoms with van der Waals surface area (Å²) in [5, 5.41) is 40.1. The number of nitro benzene ring substituents is 3. The highest BCUT2D eigenvalue weighted by atomic mass is 32.2. The quantitative estimate of drug-likeness (QED) is 0.0394. The molecule has 2 aliphatic heterocycles. The molecule has 0 saturated carbocycles. The maximum absolute atomic E-state index is 14.1. The van der Waals surface area contributed by atoms with E-state index in [1.54, 1.807) is 23.8 Å². The van der Waals surface area contributed by atoms with Gasteiger partial charge in [0.25, 0.3) is 17.1 Å². The van der Waals surface area contributed by atoms with E-state index in [1.807, 2.05) is 24.3 Å². The molecule has 4 aromatic rings. The molecule has 362 valence electrons. The van der Waals surface area contributed by atoms with Crippen molar-refractivity contribution in [3.63, 3.8) is 0 Å². The van der Waals surface area contributed by atoms with Crippen LogP contribution in [-0.2, 0) is 49.4 Å². The van der Waals surface area contributed by atoms with Crippen molar-refractivity contribution in [1.82, 2.24) is 25.8 Å². The molecule has 0 spiro atoms. The van der Waals surface area contributed by atoms with Crippen LogP contribution in [0.2, 0.25) is 0 Å². The lowest BCUT2D eigenvalue weighted by molar-refractivity contribution is -0.385. The number of carbonyl (C=O) groups excluding carboxylic acids is 5. The molecule has 0 radical (unpaired) electrons. The summed E-state index contributed by atoms with van der Waals surface area (Å²) >= 11 is 1.58. The van der Waals surface area contributed by atoms with Crippen molar-refractivity contribution in [2.45, 2.75) is 55.7 Å². The molecule has 0 aromatic heterocycles. The van der Waals surface area contributed by atoms with E-state index < -0.39 is 63.5 Å². The van der Waals surface area contributed by atoms with Gasteiger partial charge in [-0.05, 0) is 83.6 Å². The summed E-state index contributed by atoms with van der Waals surface area (Å²) < 4.78 is 21.2. The maximum Gasteiger partial charge on any atom is 0.414 e. The first-order chi connectivity index (χ1) is 33.1. The number of methoxy groups -OCH3 is 1. The fourth-order valence-electron chi connectivity index (χ4n) is 7.05. The molecule has 2 saturated heterocycles. The smallest absolute Gasteiger partial charge is 0.414 e. The van der Waals surface area contributed by atoms with Crippen molar-refractivity contribution < 1.29 is 57.7 Å². The Morgan fingerprint density at radius 3 is 1.64 bits per heavy atom. The number of benzene rings is 4. The fourth-order valence-corrected chi connectivity index (χ4v) is 8.25. The molecule has 3 N–H and O–H groups in total. The van der Waals surface area contributed by atoms with Crippen molar-refractivity contribution in [3.05, 3.63) is 150 Å². The van der Waals surface area contributed by atoms with Crippen LogP contribution in [0.5, 0.6) is 5.75 Å². The van der Waals surface area contributed by atoms with Crippen LogP contribution >= 0.6 is 11.8 Å². The first-order valence-electron chi connectivity index (χ1n) is 21.0. The summed E-state index contributed by atoms with van der Waals surface area (Å²) in [6.45, 7) is -0.925. The van der Waals surface area contributed by atoms with Crippen LogP contribution in [0.3, 0.4) is 0 Å². The number of alkyl carbamates (subject to hydrolysis) is 2. The van der Waals surface area contributed by atoms with E-state index in [4.69, 9.17) is 18.9 Å². The van der Waals surface area contributed by atoms with Gasteiger partial charge < -0.3 is 29.2 Å². The van der Waals surface area contributed by atoms with Gasteiger partial charge in [0, 0.05) is 73.1 Å². The lowest BCUT2D eigenvalue weighted by Crippen LogP contribution is -2.48. The van der Waals surface area contributed by atoms with Gasteiger partial charge in [0.1, 0.15) is 38.2 Å². The van der Waals surface area contributed by atoms with E-state index in [2.05, 4.69) is 20.9 Å². The standard InChI is InChI=1S/C44H45N9O15S/c1-65-36-16-8-31(9-17-36)27-69-37-20-38(50(23-37)44(58)68-26-30-6-14-35(15-7-30)53(63)64)40(55)49-19-18-32(22-49)46-39(54)21-45-41(47-42(56)66-24-28-2-10-33(11-3-28)51(59)60)48-43(57)67-25-29-4-12-34(13-5-29)52(61)62/h2-17,32,37-38H,18-27H2,1H3,(H,46,54)(H2,45,47,48,56,57)/t32-,37-,38-/m0/s1. The number of amides is 5. The summed E-state index contributed by atoms with van der Waals surface area (Å²) in [7, 11) is 1.57. The molecule has 2 heterocycles. The fraction of sp³-hybridized carbons (Fsp3) is 0.318. The minimum atomic E-state index is -1.12. The van der Waals surface area contributed by atoms with Crippen LogP contribution in [0.1, 0.15) is 35.1 Å². The van der Waals surface area contributed by atoms with Crippen LogP contribution in [0.4, 0.5) is 31.4 Å². The Morgan fingerprint density at radius 2 is 1.16 bits per heavy atom. The van der Waals surface area contributed by atoms with Gasteiger partial charge in [0.15, 0.2) is 0 Å². The van der Waals surface area contributed by atoms with Gasteiger partial charge in [-0.15, -0.1) is 0 Å². The number of ether oxygens (including phenoxy) is 4. The van der Waals surface area contributed by atoms with Gasteiger partial charge in [-0.3, -0.25) is 55.5 Å². The number of non-ortho nitro benzene ring substituents is 3. The van der Waals surface area contributed by atoms with Crippen molar-refractivity contribution in [2.75, 3.05) is 33.3 Å². The van der Waals surface area contributed by atoms with E-state index in [1.165, 1.54) is 77.7 Å². The first kappa shape index (κ1) is 50.1. The van der Waals surface area contributed by atoms with Crippen molar-refractivity contribution >= 4 is 64.9 Å². The largest absolute Gasteiger partial charge is 0.497 e. The molecule has 24 nitrogen and oxygen atoms in total. The average Bonchev–Trinajstić information content (AvgIpc) is 4.01. The Balaban J connectivity index is 1.06. The molecule has 4 aromatic carbocycles. The van der Waals surface area contributed by atoms with Crippen LogP contribution in [0, 0.1) is 30.3 Å². The molecule has 6 rings (SSSR count). The molecule has 0 bridgehead atoms. The minimum absolute atomic E-state index is 0.0907. The molecular formula is C44H45N9O15S. The number of rotatable bonds is 17. The van der Waals surface area contributed by atoms with Crippen molar-refractivity contribution in [1.29, 1.82) is 0 Å². The van der Waals surface area contributed by atoms with Gasteiger partial charge in [-0.1, -0.05) is 12.1 Å². The number of nitrogens with one attached hydrogen (secondary N) is 3. The van der Waals surface area contributed by atoms with Crippen LogP contribution in [0.25, 0.3) is 0 Å². The third-order valence-corrected chi connectivity index (χ3v) is 12.0. The molecule has 0 aliphatic carbocycles. The highest BCUT2D eigenvalue weighted by Gasteiger charge is 2.44. The van der Waals surface area contributed by atoms with E-state index in [9.17, 15) is 54.3 Å². The number of guanidine groups is 1. The number of nitro groups is 3. The summed E-state index contributed by atoms with van der Waals surface area (Å²) in [6.07, 6.45) is -2.30. The zero-order chi connectivity index (χ0) is 49.5. The summed E-state index contributed by atoms with van der Waals surface area (Å²) in [5.41, 5.74) is 1.87. The zero-order valence-corrected chi connectivity index (χ0v) is 37.6. The van der Waals surface area contributed by atoms with Crippen LogP contribution in [0.15, 0.2) is 102 Å². The Morgan fingerprint density at radius 1 is 0.681 bits per heavy atom. The molecule has 69 heavy (non-hydrogen) atoms. The van der Waals surface area contributed by atoms with E-state index in [-0.39, 0.29) is 67.7 Å². The number of nitrogens with zero attached hydrogens (tertiary/aromatic N) is 6. The maximum atomic E-state index is 14.1. The number of aliphatic imine (C=N–C) groups is 1. The van der Waals surface area contributed by atoms with E-state index >= 15 is 0 Å². The normalized spacial score (nSPS) is 16.1. The Hall–Kier alpha value is -8.35. The predicted molar refractivity (Wildman–Crippen MR) is 245 cm³/mol. The van der Waals surface area contributed by atoms with Crippen LogP contribution in [-0.4, -0.2) is 111 Å². The third-order valence-electron chi connectivity index (χ3n) is 10.7. The Bertz CT molecular complexity index is 2470. The molecular weight excluding hydrogens is 927 g/mol. The third kappa shape index (κ3) is 14.8. The van der Waals surface area contributed by atoms with Gasteiger partial charge >= 0.3 is 18.3 Å². The second kappa shape index (κ2) is 23.9. The average molecular weight is 972 g/mol. The second-order valence-corrected chi connectivity index (χ2v) is 16.7. The minimum Gasteiger partial charge on any atom is -0.497 e. The number of hydrogen-bond acceptors (Lipinski definition) is 17. The topological polar surface area (TPSA) is 307 Å². The van der Waals surface area contributed by atoms with E-state index in [0.29, 0.717) is 41.0 Å². The predicted octanol–water partition coefficient (Wildman–Crippen LogP) is 5.36. The van der Waals surface area contributed by atoms with Gasteiger partial charge in [-0.2, -0.15) is 11.8 Å². The van der Waals surface area contributed by atoms with Crippen LogP contribution < -0.4 is 20.7 Å². The summed E-state index contributed by atoms with van der Waals surface area (Å²) in [5.74, 6) is -0.239. The summed E-state index contributed by atoms with van der Waals surface area (Å²) in [6, 6.07) is 22.1. The lowest BCUT2D eigenvalue weighted by atomic mass is 10.2. The van der Waals surface area contributed by atoms with Gasteiger partial charge in [0.2, 0.25) is 17.8 Å². The first-order valence-corrected chi connectivity index (χ1v) is 22.1. The highest BCUT2D eigenvalue weighted by Crippen LogP contribution is 2.33. The van der Waals surface area contributed by atoms with E-state index in [0.717, 1.165) is 5.56 Å². The number of likely N-dealkylation sites (tertiary alicyclic amines) is 2. The number of carbonyl (C=O) groups is 5. The highest BCUT2D eigenvalue weighted by molar-refractivity contribution is 7.99. The molecule has 3 atom stereocenters. The molecule has 0 unspecified atom stereocenters. The van der Waals surface area contributed by atoms with Crippen molar-refractivity contribution in [3.8, 4) is 5.75 Å². The molecule has 2 fully saturated rings. The molecule has 2 aliphatic rings. The zero-order valence-electron chi connectivity index (χ0n) is 36.8. The number of hydrogen-bond donors (Lipinski definition) is 3.